The molecule has 1 heterocycles. The number of hydrogen-bond acceptors (Lipinski definition) is 3. The molecule has 2 aliphatic rings. The summed E-state index contributed by atoms with van der Waals surface area (Å²) in [5.41, 5.74) is 0.751. The smallest absolute Gasteiger partial charge is 0.410 e. The van der Waals surface area contributed by atoms with Crippen molar-refractivity contribution in [3.8, 4) is 0 Å². The molecule has 2 fully saturated rings. The maximum atomic E-state index is 11.8. The zero-order chi connectivity index (χ0) is 11.8. The third-order valence-corrected chi connectivity index (χ3v) is 2.61. The summed E-state index contributed by atoms with van der Waals surface area (Å²) in [4.78, 5) is 18.1. The summed E-state index contributed by atoms with van der Waals surface area (Å²) in [6.45, 7) is 7.08. The van der Waals surface area contributed by atoms with Gasteiger partial charge in [-0.1, -0.05) is 0 Å². The third kappa shape index (κ3) is 3.22. The Bertz CT molecular complexity index is 313. The van der Waals surface area contributed by atoms with Crippen LogP contribution in [0.25, 0.3) is 0 Å². The fourth-order valence-electron chi connectivity index (χ4n) is 1.69. The van der Waals surface area contributed by atoms with Crippen LogP contribution >= 0.6 is 0 Å². The Hall–Kier alpha value is -1.06. The minimum absolute atomic E-state index is 0.214. The van der Waals surface area contributed by atoms with Crippen molar-refractivity contribution in [1.29, 1.82) is 0 Å². The number of amides is 1. The molecule has 1 amide bonds. The molecule has 1 aliphatic heterocycles. The van der Waals surface area contributed by atoms with Crippen LogP contribution in [0.2, 0.25) is 0 Å². The number of likely N-dealkylation sites (tertiary alicyclic amines) is 1. The molecule has 0 bridgehead atoms. The van der Waals surface area contributed by atoms with Crippen molar-refractivity contribution in [2.24, 2.45) is 4.99 Å². The van der Waals surface area contributed by atoms with E-state index in [0.29, 0.717) is 12.6 Å². The van der Waals surface area contributed by atoms with E-state index in [0.717, 1.165) is 18.7 Å². The predicted octanol–water partition coefficient (Wildman–Crippen LogP) is 2.23. The molecule has 0 radical (unpaired) electrons. The molecule has 0 aromatic carbocycles. The molecule has 0 spiro atoms. The number of rotatable bonds is 1. The first-order valence-electron chi connectivity index (χ1n) is 5.97. The lowest BCUT2D eigenvalue weighted by Gasteiger charge is -2.23. The second-order valence-electron chi connectivity index (χ2n) is 5.58. The number of carbonyl (C=O) groups excluding carboxylic acids is 1. The highest BCUT2D eigenvalue weighted by Gasteiger charge is 2.29. The molecule has 0 N–H and O–H groups in total. The van der Waals surface area contributed by atoms with Crippen molar-refractivity contribution in [2.75, 3.05) is 13.1 Å². The van der Waals surface area contributed by atoms with Crippen LogP contribution in [0, 0.1) is 0 Å². The van der Waals surface area contributed by atoms with Crippen molar-refractivity contribution in [2.45, 2.75) is 51.7 Å². The molecular weight excluding hydrogens is 204 g/mol. The number of carbonyl (C=O) groups is 1. The number of ether oxygens (including phenoxy) is 1. The second kappa shape index (κ2) is 4.07. The first kappa shape index (κ1) is 11.4. The van der Waals surface area contributed by atoms with Crippen LogP contribution in [-0.2, 0) is 4.74 Å². The highest BCUT2D eigenvalue weighted by atomic mass is 16.6. The fourth-order valence-corrected chi connectivity index (χ4v) is 1.69. The summed E-state index contributed by atoms with van der Waals surface area (Å²) in [7, 11) is 0. The van der Waals surface area contributed by atoms with E-state index < -0.39 is 5.60 Å². The van der Waals surface area contributed by atoms with E-state index in [1.54, 1.807) is 4.90 Å². The Balaban J connectivity index is 1.85. The van der Waals surface area contributed by atoms with Gasteiger partial charge in [-0.25, -0.2) is 4.79 Å². The van der Waals surface area contributed by atoms with Gasteiger partial charge in [0.25, 0.3) is 0 Å². The van der Waals surface area contributed by atoms with E-state index in [-0.39, 0.29) is 6.09 Å². The van der Waals surface area contributed by atoms with Crippen molar-refractivity contribution in [3.63, 3.8) is 0 Å². The Morgan fingerprint density at radius 2 is 2.12 bits per heavy atom. The SMILES string of the molecule is CC(C)(C)OC(=O)N1CCC(=NC2CC2)C1. The molecule has 0 aromatic rings. The summed E-state index contributed by atoms with van der Waals surface area (Å²) in [6.07, 6.45) is 3.13. The maximum Gasteiger partial charge on any atom is 0.410 e. The number of aliphatic imine (C=N–C) groups is 1. The second-order valence-corrected chi connectivity index (χ2v) is 5.58. The maximum absolute atomic E-state index is 11.8. The first-order chi connectivity index (χ1) is 7.44. The summed E-state index contributed by atoms with van der Waals surface area (Å²) >= 11 is 0. The van der Waals surface area contributed by atoms with Crippen LogP contribution in [0.5, 0.6) is 0 Å². The molecule has 0 aromatic heterocycles. The summed E-state index contributed by atoms with van der Waals surface area (Å²) in [5.74, 6) is 0. The quantitative estimate of drug-likeness (QED) is 0.685. The lowest BCUT2D eigenvalue weighted by Crippen LogP contribution is -2.35. The van der Waals surface area contributed by atoms with Crippen molar-refractivity contribution in [1.82, 2.24) is 4.90 Å². The van der Waals surface area contributed by atoms with Gasteiger partial charge in [0, 0.05) is 18.7 Å². The molecule has 1 saturated heterocycles. The summed E-state index contributed by atoms with van der Waals surface area (Å²) in [5, 5.41) is 0. The normalized spacial score (nSPS) is 23.9. The van der Waals surface area contributed by atoms with E-state index in [1.807, 2.05) is 20.8 Å². The van der Waals surface area contributed by atoms with E-state index in [2.05, 4.69) is 4.99 Å². The molecule has 1 saturated carbocycles. The van der Waals surface area contributed by atoms with Crippen LogP contribution in [-0.4, -0.2) is 41.4 Å². The largest absolute Gasteiger partial charge is 0.444 e. The Morgan fingerprint density at radius 3 is 2.69 bits per heavy atom. The van der Waals surface area contributed by atoms with Gasteiger partial charge < -0.3 is 9.64 Å². The molecule has 0 unspecified atom stereocenters. The molecule has 2 rings (SSSR count). The topological polar surface area (TPSA) is 41.9 Å². The van der Waals surface area contributed by atoms with Crippen LogP contribution in [0.15, 0.2) is 4.99 Å². The van der Waals surface area contributed by atoms with Gasteiger partial charge in [0.05, 0.1) is 12.6 Å². The molecule has 0 atom stereocenters. The van der Waals surface area contributed by atoms with Gasteiger partial charge >= 0.3 is 6.09 Å². The van der Waals surface area contributed by atoms with Gasteiger partial charge in [-0.15, -0.1) is 0 Å². The standard InChI is InChI=1S/C12H20N2O2/c1-12(2,3)16-11(15)14-7-6-10(8-14)13-9-4-5-9/h9H,4-8H2,1-3H3. The Kier molecular flexibility index (Phi) is 2.91. The zero-order valence-corrected chi connectivity index (χ0v) is 10.3. The molecule has 4 heteroatoms. The summed E-state index contributed by atoms with van der Waals surface area (Å²) < 4.78 is 5.32. The average Bonchev–Trinajstić information content (AvgIpc) is 2.78. The predicted molar refractivity (Wildman–Crippen MR) is 62.9 cm³/mol. The highest BCUT2D eigenvalue weighted by Crippen LogP contribution is 2.25. The molecular formula is C12H20N2O2. The monoisotopic (exact) mass is 224 g/mol. The number of hydrogen-bond donors (Lipinski definition) is 0. The van der Waals surface area contributed by atoms with Gasteiger partial charge in [-0.3, -0.25) is 4.99 Å². The van der Waals surface area contributed by atoms with Crippen LogP contribution in [0.1, 0.15) is 40.0 Å². The van der Waals surface area contributed by atoms with Gasteiger partial charge in [0.1, 0.15) is 5.60 Å². The molecule has 1 aliphatic carbocycles. The van der Waals surface area contributed by atoms with Crippen molar-refractivity contribution >= 4 is 11.8 Å². The lowest BCUT2D eigenvalue weighted by molar-refractivity contribution is 0.0302. The first-order valence-corrected chi connectivity index (χ1v) is 5.97. The minimum atomic E-state index is -0.409. The van der Waals surface area contributed by atoms with E-state index in [9.17, 15) is 4.79 Å². The number of nitrogens with zero attached hydrogens (tertiary/aromatic N) is 2. The molecule has 90 valence electrons. The van der Waals surface area contributed by atoms with E-state index >= 15 is 0 Å². The third-order valence-electron chi connectivity index (χ3n) is 2.61. The average molecular weight is 224 g/mol. The van der Waals surface area contributed by atoms with Gasteiger partial charge in [0.15, 0.2) is 0 Å². The van der Waals surface area contributed by atoms with Crippen molar-refractivity contribution in [3.05, 3.63) is 0 Å². The van der Waals surface area contributed by atoms with E-state index in [1.165, 1.54) is 12.8 Å². The Labute approximate surface area is 96.7 Å². The van der Waals surface area contributed by atoms with Crippen LogP contribution in [0.4, 0.5) is 4.79 Å². The minimum Gasteiger partial charge on any atom is -0.444 e. The van der Waals surface area contributed by atoms with Gasteiger partial charge in [0.2, 0.25) is 0 Å². The molecule has 4 nitrogen and oxygen atoms in total. The summed E-state index contributed by atoms with van der Waals surface area (Å²) in [6, 6.07) is 0.550. The van der Waals surface area contributed by atoms with Crippen LogP contribution in [0.3, 0.4) is 0 Å². The van der Waals surface area contributed by atoms with Crippen LogP contribution < -0.4 is 0 Å². The van der Waals surface area contributed by atoms with Crippen molar-refractivity contribution < 1.29 is 9.53 Å². The highest BCUT2D eigenvalue weighted by molar-refractivity contribution is 5.92. The van der Waals surface area contributed by atoms with E-state index in [4.69, 9.17) is 4.74 Å². The fraction of sp³-hybridized carbons (Fsp3) is 0.833. The molecule has 16 heavy (non-hydrogen) atoms. The zero-order valence-electron chi connectivity index (χ0n) is 10.3. The Morgan fingerprint density at radius 1 is 1.44 bits per heavy atom. The van der Waals surface area contributed by atoms with Gasteiger partial charge in [-0.05, 0) is 33.6 Å². The van der Waals surface area contributed by atoms with Gasteiger partial charge in [-0.2, -0.15) is 0 Å². The lowest BCUT2D eigenvalue weighted by atomic mass is 10.2.